The van der Waals surface area contributed by atoms with Gasteiger partial charge in [-0.25, -0.2) is 0 Å². The predicted octanol–water partition coefficient (Wildman–Crippen LogP) is 6.88. The minimum Gasteiger partial charge on any atom is -0.268 e. The fourth-order valence-corrected chi connectivity index (χ4v) is 4.78. The van der Waals surface area contributed by atoms with Crippen molar-refractivity contribution in [3.8, 4) is 0 Å². The van der Waals surface area contributed by atoms with E-state index in [0.29, 0.717) is 9.93 Å². The number of hydrogen-bond acceptors (Lipinski definition) is 3. The van der Waals surface area contributed by atoms with Gasteiger partial charge >= 0.3 is 0 Å². The Morgan fingerprint density at radius 2 is 1.43 bits per heavy atom. The van der Waals surface area contributed by atoms with E-state index in [1.807, 2.05) is 60.7 Å². The molecule has 5 heteroatoms. The molecule has 3 nitrogen and oxygen atoms in total. The summed E-state index contributed by atoms with van der Waals surface area (Å²) >= 11 is 7.20. The molecular formula is C25H16ClNO2S. The second kappa shape index (κ2) is 7.63. The number of carbonyl (C=O) groups excluding carboxylic acids is 2. The van der Waals surface area contributed by atoms with Crippen LogP contribution in [0.5, 0.6) is 0 Å². The van der Waals surface area contributed by atoms with Crippen molar-refractivity contribution in [1.82, 2.24) is 4.90 Å². The van der Waals surface area contributed by atoms with Gasteiger partial charge in [0.15, 0.2) is 0 Å². The van der Waals surface area contributed by atoms with Gasteiger partial charge in [0.2, 0.25) is 0 Å². The number of benzene rings is 4. The van der Waals surface area contributed by atoms with Crippen molar-refractivity contribution in [2.75, 3.05) is 0 Å². The maximum atomic E-state index is 13.1. The van der Waals surface area contributed by atoms with Crippen LogP contribution >= 0.6 is 23.4 Å². The number of halogens is 1. The third kappa shape index (κ3) is 3.28. The molecule has 1 saturated heterocycles. The first-order chi connectivity index (χ1) is 14.6. The molecule has 1 aliphatic heterocycles. The number of rotatable bonds is 3. The molecule has 0 bridgehead atoms. The highest BCUT2D eigenvalue weighted by atomic mass is 35.5. The highest BCUT2D eigenvalue weighted by Gasteiger charge is 2.35. The smallest absolute Gasteiger partial charge is 0.268 e. The molecule has 0 N–H and O–H groups in total. The molecule has 1 heterocycles. The summed E-state index contributed by atoms with van der Waals surface area (Å²) in [6.07, 6.45) is 1.85. The highest BCUT2D eigenvalue weighted by molar-refractivity contribution is 8.18. The van der Waals surface area contributed by atoms with Crippen LogP contribution < -0.4 is 0 Å². The SMILES string of the molecule is O=C1S/C(=C/c2c3ccccc3cc3ccccc23)C(=O)N1Cc1ccccc1Cl. The summed E-state index contributed by atoms with van der Waals surface area (Å²) < 4.78 is 0. The third-order valence-corrected chi connectivity index (χ3v) is 6.52. The van der Waals surface area contributed by atoms with Crippen molar-refractivity contribution in [2.45, 2.75) is 6.54 Å². The quantitative estimate of drug-likeness (QED) is 0.263. The van der Waals surface area contributed by atoms with Crippen molar-refractivity contribution in [3.63, 3.8) is 0 Å². The Morgan fingerprint density at radius 1 is 0.833 bits per heavy atom. The first-order valence-electron chi connectivity index (χ1n) is 9.51. The topological polar surface area (TPSA) is 37.4 Å². The second-order valence-corrected chi connectivity index (χ2v) is 8.49. The van der Waals surface area contributed by atoms with Crippen LogP contribution in [0.15, 0.2) is 83.8 Å². The normalized spacial score (nSPS) is 15.6. The van der Waals surface area contributed by atoms with Crippen LogP contribution in [-0.4, -0.2) is 16.0 Å². The van der Waals surface area contributed by atoms with Crippen LogP contribution in [0.3, 0.4) is 0 Å². The van der Waals surface area contributed by atoms with E-state index in [0.717, 1.165) is 44.4 Å². The zero-order valence-electron chi connectivity index (χ0n) is 15.8. The number of nitrogens with zero attached hydrogens (tertiary/aromatic N) is 1. The Balaban J connectivity index is 1.60. The Labute approximate surface area is 182 Å². The lowest BCUT2D eigenvalue weighted by atomic mass is 9.96. The molecular weight excluding hydrogens is 414 g/mol. The van der Waals surface area contributed by atoms with E-state index in [1.54, 1.807) is 6.07 Å². The Hall–Kier alpha value is -3.08. The fourth-order valence-electron chi connectivity index (χ4n) is 3.77. The maximum Gasteiger partial charge on any atom is 0.293 e. The number of hydrogen-bond donors (Lipinski definition) is 0. The van der Waals surface area contributed by atoms with E-state index in [2.05, 4.69) is 18.2 Å². The highest BCUT2D eigenvalue weighted by Crippen LogP contribution is 2.37. The van der Waals surface area contributed by atoms with Crippen molar-refractivity contribution in [3.05, 3.63) is 99.9 Å². The zero-order chi connectivity index (χ0) is 20.7. The van der Waals surface area contributed by atoms with Gasteiger partial charge in [-0.3, -0.25) is 14.5 Å². The van der Waals surface area contributed by atoms with Crippen LogP contribution in [0.2, 0.25) is 5.02 Å². The largest absolute Gasteiger partial charge is 0.293 e. The Kier molecular flexibility index (Phi) is 4.81. The van der Waals surface area contributed by atoms with Gasteiger partial charge in [-0.1, -0.05) is 78.3 Å². The number of carbonyl (C=O) groups is 2. The summed E-state index contributed by atoms with van der Waals surface area (Å²) in [6.45, 7) is 0.165. The molecule has 0 spiro atoms. The van der Waals surface area contributed by atoms with Gasteiger partial charge in [0.25, 0.3) is 11.1 Å². The molecule has 1 aliphatic rings. The van der Waals surface area contributed by atoms with Crippen molar-refractivity contribution in [2.24, 2.45) is 0 Å². The zero-order valence-corrected chi connectivity index (χ0v) is 17.4. The summed E-state index contributed by atoms with van der Waals surface area (Å²) in [5, 5.41) is 4.55. The maximum absolute atomic E-state index is 13.1. The summed E-state index contributed by atoms with van der Waals surface area (Å²) in [5.41, 5.74) is 1.70. The monoisotopic (exact) mass is 429 g/mol. The molecule has 0 radical (unpaired) electrons. The van der Waals surface area contributed by atoms with Gasteiger partial charge in [0.05, 0.1) is 11.4 Å². The summed E-state index contributed by atoms with van der Waals surface area (Å²) in [6, 6.07) is 25.6. The van der Waals surface area contributed by atoms with Gasteiger partial charge in [0.1, 0.15) is 0 Å². The van der Waals surface area contributed by atoms with E-state index in [9.17, 15) is 9.59 Å². The minimum absolute atomic E-state index is 0.165. The molecule has 0 aliphatic carbocycles. The Bertz CT molecular complexity index is 1310. The van der Waals surface area contributed by atoms with Crippen LogP contribution in [-0.2, 0) is 11.3 Å². The van der Waals surface area contributed by atoms with E-state index >= 15 is 0 Å². The van der Waals surface area contributed by atoms with Crippen LogP contribution in [0, 0.1) is 0 Å². The van der Waals surface area contributed by atoms with Gasteiger partial charge in [0, 0.05) is 5.02 Å². The van der Waals surface area contributed by atoms with Gasteiger partial charge in [-0.2, -0.15) is 0 Å². The molecule has 30 heavy (non-hydrogen) atoms. The first-order valence-corrected chi connectivity index (χ1v) is 10.7. The summed E-state index contributed by atoms with van der Waals surface area (Å²) in [7, 11) is 0. The van der Waals surface area contributed by atoms with E-state index < -0.39 is 0 Å². The summed E-state index contributed by atoms with van der Waals surface area (Å²) in [5.74, 6) is -0.290. The van der Waals surface area contributed by atoms with Crippen LogP contribution in [0.25, 0.3) is 27.6 Å². The molecule has 0 saturated carbocycles. The second-order valence-electron chi connectivity index (χ2n) is 7.09. The molecule has 0 aromatic heterocycles. The molecule has 4 aromatic carbocycles. The fraction of sp³-hybridized carbons (Fsp3) is 0.0400. The molecule has 0 atom stereocenters. The third-order valence-electron chi connectivity index (χ3n) is 5.25. The van der Waals surface area contributed by atoms with Crippen molar-refractivity contribution >= 4 is 62.1 Å². The molecule has 1 fully saturated rings. The van der Waals surface area contributed by atoms with Crippen LogP contribution in [0.4, 0.5) is 4.79 Å². The lowest BCUT2D eigenvalue weighted by Gasteiger charge is -2.13. The van der Waals surface area contributed by atoms with E-state index in [4.69, 9.17) is 11.6 Å². The van der Waals surface area contributed by atoms with E-state index in [1.165, 1.54) is 4.90 Å². The van der Waals surface area contributed by atoms with Gasteiger partial charge in [-0.05, 0) is 62.6 Å². The van der Waals surface area contributed by atoms with Crippen molar-refractivity contribution < 1.29 is 9.59 Å². The average molecular weight is 430 g/mol. The summed E-state index contributed by atoms with van der Waals surface area (Å²) in [4.78, 5) is 27.4. The number of fused-ring (bicyclic) bond motifs is 2. The molecule has 2 amide bonds. The number of amides is 2. The standard InChI is InChI=1S/C25H16ClNO2S/c26-22-12-6-3-9-18(22)15-27-24(28)23(30-25(27)29)14-21-19-10-4-1-7-16(19)13-17-8-2-5-11-20(17)21/h1-14H,15H2/b23-14+. The van der Waals surface area contributed by atoms with Gasteiger partial charge < -0.3 is 0 Å². The van der Waals surface area contributed by atoms with Crippen molar-refractivity contribution in [1.29, 1.82) is 0 Å². The predicted molar refractivity (Wildman–Crippen MR) is 124 cm³/mol. The minimum atomic E-state index is -0.290. The Morgan fingerprint density at radius 3 is 2.10 bits per heavy atom. The first kappa shape index (κ1) is 18.9. The molecule has 4 aromatic rings. The average Bonchev–Trinajstić information content (AvgIpc) is 3.02. The number of thioether (sulfide) groups is 1. The molecule has 5 rings (SSSR count). The molecule has 146 valence electrons. The number of imide groups is 1. The molecule has 0 unspecified atom stereocenters. The van der Waals surface area contributed by atoms with Gasteiger partial charge in [-0.15, -0.1) is 0 Å². The lowest BCUT2D eigenvalue weighted by molar-refractivity contribution is -0.123. The lowest BCUT2D eigenvalue weighted by Crippen LogP contribution is -2.27. The van der Waals surface area contributed by atoms with Crippen LogP contribution in [0.1, 0.15) is 11.1 Å². The van der Waals surface area contributed by atoms with E-state index in [-0.39, 0.29) is 17.7 Å².